The van der Waals surface area contributed by atoms with Crippen molar-refractivity contribution in [1.82, 2.24) is 19.7 Å². The summed E-state index contributed by atoms with van der Waals surface area (Å²) < 4.78 is 12.1. The van der Waals surface area contributed by atoms with E-state index < -0.39 is 5.97 Å². The summed E-state index contributed by atoms with van der Waals surface area (Å²) in [5, 5.41) is 8.09. The van der Waals surface area contributed by atoms with Crippen LogP contribution in [0.1, 0.15) is 23.1 Å². The van der Waals surface area contributed by atoms with E-state index in [0.717, 1.165) is 16.7 Å². The number of anilines is 1. The number of nitrogens with zero attached hydrogens (tertiary/aromatic N) is 4. The molecule has 2 aromatic heterocycles. The predicted octanol–water partition coefficient (Wildman–Crippen LogP) is 2.16. The molecule has 0 fully saturated rings. The summed E-state index contributed by atoms with van der Waals surface area (Å²) in [6, 6.07) is 5.51. The van der Waals surface area contributed by atoms with E-state index in [1.165, 1.54) is 12.5 Å². The molecule has 0 aliphatic carbocycles. The van der Waals surface area contributed by atoms with E-state index in [4.69, 9.17) is 9.47 Å². The van der Waals surface area contributed by atoms with Crippen LogP contribution in [-0.4, -0.2) is 39.4 Å². The number of hydrogen-bond acceptors (Lipinski definition) is 7. The van der Waals surface area contributed by atoms with Crippen LogP contribution >= 0.6 is 0 Å². The van der Waals surface area contributed by atoms with Crippen molar-refractivity contribution in [2.45, 2.75) is 13.5 Å². The van der Waals surface area contributed by atoms with E-state index in [-0.39, 0.29) is 6.61 Å². The van der Waals surface area contributed by atoms with Gasteiger partial charge in [0, 0.05) is 18.6 Å². The first kappa shape index (κ1) is 16.7. The Morgan fingerprint density at radius 1 is 1.32 bits per heavy atom. The van der Waals surface area contributed by atoms with Crippen molar-refractivity contribution in [3.8, 4) is 5.75 Å². The number of rotatable bonds is 6. The molecule has 0 radical (unpaired) electrons. The highest BCUT2D eigenvalue weighted by Crippen LogP contribution is 2.30. The molecule has 25 heavy (non-hydrogen) atoms. The maximum absolute atomic E-state index is 12.3. The minimum atomic E-state index is -0.430. The Balaban J connectivity index is 2.07. The summed E-state index contributed by atoms with van der Waals surface area (Å²) in [5.74, 6) is 0.986. The standard InChI is InChI=1S/C17H19N5O3/c1-4-25-17(23)13-8-18-14-6-5-11(24-3)7-12(14)16(13)19-9-15-20-10-21-22(15)2/h5-8,10H,4,9H2,1-3H3,(H,18,19). The fraction of sp³-hybridized carbons (Fsp3) is 0.294. The van der Waals surface area contributed by atoms with Crippen LogP contribution in [0.5, 0.6) is 5.75 Å². The highest BCUT2D eigenvalue weighted by Gasteiger charge is 2.17. The van der Waals surface area contributed by atoms with Gasteiger partial charge in [-0.3, -0.25) is 9.67 Å². The lowest BCUT2D eigenvalue weighted by molar-refractivity contribution is 0.0527. The van der Waals surface area contributed by atoms with E-state index in [1.807, 2.05) is 25.2 Å². The molecule has 0 unspecified atom stereocenters. The van der Waals surface area contributed by atoms with E-state index in [2.05, 4.69) is 20.4 Å². The third kappa shape index (κ3) is 3.37. The van der Waals surface area contributed by atoms with E-state index in [1.54, 1.807) is 18.7 Å². The van der Waals surface area contributed by atoms with Crippen molar-refractivity contribution in [2.75, 3.05) is 19.0 Å². The molecule has 0 amide bonds. The second-order valence-electron chi connectivity index (χ2n) is 5.30. The summed E-state index contributed by atoms with van der Waals surface area (Å²) in [6.07, 6.45) is 3.00. The van der Waals surface area contributed by atoms with Crippen molar-refractivity contribution in [3.05, 3.63) is 42.1 Å². The number of esters is 1. The van der Waals surface area contributed by atoms with Gasteiger partial charge in [-0.05, 0) is 25.1 Å². The molecule has 1 aromatic carbocycles. The fourth-order valence-electron chi connectivity index (χ4n) is 2.50. The monoisotopic (exact) mass is 341 g/mol. The molecule has 0 spiro atoms. The topological polar surface area (TPSA) is 91.2 Å². The molecule has 8 nitrogen and oxygen atoms in total. The van der Waals surface area contributed by atoms with Crippen LogP contribution in [0.4, 0.5) is 5.69 Å². The van der Waals surface area contributed by atoms with Gasteiger partial charge in [0.15, 0.2) is 0 Å². The van der Waals surface area contributed by atoms with Crippen LogP contribution in [0, 0.1) is 0 Å². The smallest absolute Gasteiger partial charge is 0.341 e. The number of nitrogens with one attached hydrogen (secondary N) is 1. The van der Waals surface area contributed by atoms with Crippen LogP contribution in [0.25, 0.3) is 10.9 Å². The highest BCUT2D eigenvalue weighted by molar-refractivity contribution is 6.05. The Kier molecular flexibility index (Phi) is 4.78. The number of carbonyl (C=O) groups excluding carboxylic acids is 1. The Morgan fingerprint density at radius 3 is 2.84 bits per heavy atom. The second kappa shape index (κ2) is 7.16. The maximum atomic E-state index is 12.3. The van der Waals surface area contributed by atoms with Gasteiger partial charge in [0.05, 0.1) is 31.5 Å². The third-order valence-corrected chi connectivity index (χ3v) is 3.80. The number of aromatic nitrogens is 4. The minimum Gasteiger partial charge on any atom is -0.497 e. The molecule has 0 saturated heterocycles. The molecule has 0 aliphatic heterocycles. The number of hydrogen-bond donors (Lipinski definition) is 1. The quantitative estimate of drug-likeness (QED) is 0.687. The summed E-state index contributed by atoms with van der Waals surface area (Å²) in [5.41, 5.74) is 1.74. The number of aryl methyl sites for hydroxylation is 1. The van der Waals surface area contributed by atoms with Crippen LogP contribution in [0.3, 0.4) is 0 Å². The summed E-state index contributed by atoms with van der Waals surface area (Å²) in [7, 11) is 3.40. The van der Waals surface area contributed by atoms with E-state index in [0.29, 0.717) is 23.5 Å². The highest BCUT2D eigenvalue weighted by atomic mass is 16.5. The lowest BCUT2D eigenvalue weighted by atomic mass is 10.1. The molecule has 0 bridgehead atoms. The van der Waals surface area contributed by atoms with Crippen molar-refractivity contribution in [3.63, 3.8) is 0 Å². The third-order valence-electron chi connectivity index (χ3n) is 3.80. The van der Waals surface area contributed by atoms with Gasteiger partial charge in [0.2, 0.25) is 0 Å². The van der Waals surface area contributed by atoms with Crippen molar-refractivity contribution in [2.24, 2.45) is 7.05 Å². The molecule has 0 atom stereocenters. The Morgan fingerprint density at radius 2 is 2.16 bits per heavy atom. The average molecular weight is 341 g/mol. The Hall–Kier alpha value is -3.16. The maximum Gasteiger partial charge on any atom is 0.341 e. The van der Waals surface area contributed by atoms with E-state index in [9.17, 15) is 4.79 Å². The van der Waals surface area contributed by atoms with Gasteiger partial charge in [0.1, 0.15) is 23.5 Å². The summed E-state index contributed by atoms with van der Waals surface area (Å²) in [4.78, 5) is 20.9. The Labute approximate surface area is 144 Å². The number of fused-ring (bicyclic) bond motifs is 1. The normalized spacial score (nSPS) is 10.7. The van der Waals surface area contributed by atoms with Crippen LogP contribution < -0.4 is 10.1 Å². The zero-order valence-electron chi connectivity index (χ0n) is 14.3. The first-order valence-corrected chi connectivity index (χ1v) is 7.84. The summed E-state index contributed by atoms with van der Waals surface area (Å²) >= 11 is 0. The Bertz CT molecular complexity index is 906. The van der Waals surface area contributed by atoms with Gasteiger partial charge >= 0.3 is 5.97 Å². The molecule has 3 aromatic rings. The molecule has 0 saturated carbocycles. The van der Waals surface area contributed by atoms with Gasteiger partial charge in [-0.25, -0.2) is 9.78 Å². The van der Waals surface area contributed by atoms with Crippen LogP contribution in [0.15, 0.2) is 30.7 Å². The predicted molar refractivity (Wildman–Crippen MR) is 92.6 cm³/mol. The molecule has 8 heteroatoms. The molecule has 130 valence electrons. The molecule has 1 N–H and O–H groups in total. The SMILES string of the molecule is CCOC(=O)c1cnc2ccc(OC)cc2c1NCc1ncnn1C. The lowest BCUT2D eigenvalue weighted by Crippen LogP contribution is -2.13. The first-order valence-electron chi connectivity index (χ1n) is 7.84. The number of methoxy groups -OCH3 is 1. The number of ether oxygens (including phenoxy) is 2. The number of pyridine rings is 1. The fourth-order valence-corrected chi connectivity index (χ4v) is 2.50. The first-order chi connectivity index (χ1) is 12.1. The van der Waals surface area contributed by atoms with Crippen LogP contribution in [0.2, 0.25) is 0 Å². The van der Waals surface area contributed by atoms with Gasteiger partial charge < -0.3 is 14.8 Å². The molecular formula is C17H19N5O3. The lowest BCUT2D eigenvalue weighted by Gasteiger charge is -2.14. The van der Waals surface area contributed by atoms with Gasteiger partial charge in [-0.2, -0.15) is 5.10 Å². The van der Waals surface area contributed by atoms with Gasteiger partial charge in [-0.1, -0.05) is 0 Å². The molecular weight excluding hydrogens is 322 g/mol. The van der Waals surface area contributed by atoms with E-state index >= 15 is 0 Å². The van der Waals surface area contributed by atoms with Gasteiger partial charge in [0.25, 0.3) is 0 Å². The largest absolute Gasteiger partial charge is 0.497 e. The van der Waals surface area contributed by atoms with Gasteiger partial charge in [-0.15, -0.1) is 0 Å². The zero-order chi connectivity index (χ0) is 17.8. The number of benzene rings is 1. The van der Waals surface area contributed by atoms with Crippen molar-refractivity contribution >= 4 is 22.6 Å². The molecule has 2 heterocycles. The van der Waals surface area contributed by atoms with Crippen LogP contribution in [-0.2, 0) is 18.3 Å². The second-order valence-corrected chi connectivity index (χ2v) is 5.30. The van der Waals surface area contributed by atoms with Crippen molar-refractivity contribution < 1.29 is 14.3 Å². The zero-order valence-corrected chi connectivity index (χ0v) is 14.3. The minimum absolute atomic E-state index is 0.289. The molecule has 3 rings (SSSR count). The average Bonchev–Trinajstić information content (AvgIpc) is 3.04. The van der Waals surface area contributed by atoms with Crippen molar-refractivity contribution in [1.29, 1.82) is 0 Å². The summed E-state index contributed by atoms with van der Waals surface area (Å²) in [6.45, 7) is 2.46. The number of carbonyl (C=O) groups is 1. The molecule has 0 aliphatic rings.